The van der Waals surface area contributed by atoms with Crippen molar-refractivity contribution in [2.75, 3.05) is 11.9 Å². The molecular formula is C10H15FN3O4P. The molecule has 1 heterocycles. The van der Waals surface area contributed by atoms with Crippen LogP contribution in [0.1, 0.15) is 6.42 Å². The maximum absolute atomic E-state index is 14.2. The number of aromatic nitrogens is 2. The summed E-state index contributed by atoms with van der Waals surface area (Å²) in [5, 5.41) is 12.0. The average Bonchev–Trinajstić information content (AvgIpc) is 2.68. The fraction of sp³-hybridized carbons (Fsp3) is 0.600. The monoisotopic (exact) mass is 291 g/mol. The van der Waals surface area contributed by atoms with Crippen LogP contribution in [-0.4, -0.2) is 44.9 Å². The molecule has 2 unspecified atom stereocenters. The summed E-state index contributed by atoms with van der Waals surface area (Å²) in [5.74, 6) is -0.0629. The van der Waals surface area contributed by atoms with Gasteiger partial charge in [0.1, 0.15) is 24.4 Å². The number of halogens is 1. The highest BCUT2D eigenvalue weighted by atomic mass is 31.1. The number of alkyl halides is 1. The number of anilines is 1. The van der Waals surface area contributed by atoms with Crippen molar-refractivity contribution in [1.82, 2.24) is 9.97 Å². The highest BCUT2D eigenvalue weighted by Crippen LogP contribution is 2.37. The molecule has 0 radical (unpaired) electrons. The lowest BCUT2D eigenvalue weighted by molar-refractivity contribution is 0.0612. The van der Waals surface area contributed by atoms with Crippen LogP contribution in [0.15, 0.2) is 18.6 Å². The van der Waals surface area contributed by atoms with E-state index in [1.165, 1.54) is 12.5 Å². The Bertz CT molecular complexity index is 438. The summed E-state index contributed by atoms with van der Waals surface area (Å²) in [6.45, 7) is -0.303. The number of aliphatic hydroxyl groups excluding tert-OH is 1. The van der Waals surface area contributed by atoms with Gasteiger partial charge < -0.3 is 19.8 Å². The molecule has 19 heavy (non-hydrogen) atoms. The average molecular weight is 291 g/mol. The summed E-state index contributed by atoms with van der Waals surface area (Å²) in [6.07, 6.45) is 0.561. The summed E-state index contributed by atoms with van der Waals surface area (Å²) in [4.78, 5) is 16.4. The number of hydrogen-bond donors (Lipinski definition) is 3. The van der Waals surface area contributed by atoms with E-state index in [1.54, 1.807) is 6.07 Å². The van der Waals surface area contributed by atoms with Crippen molar-refractivity contribution in [3.05, 3.63) is 18.6 Å². The topological polar surface area (TPSA) is 105 Å². The molecule has 5 atom stereocenters. The Balaban J connectivity index is 2.05. The van der Waals surface area contributed by atoms with Gasteiger partial charge in [0.25, 0.3) is 0 Å². The van der Waals surface area contributed by atoms with E-state index in [0.717, 1.165) is 0 Å². The lowest BCUT2D eigenvalue weighted by Gasteiger charge is -2.19. The van der Waals surface area contributed by atoms with Gasteiger partial charge in [0.2, 0.25) is 0 Å². The number of hydrogen-bond acceptors (Lipinski definition) is 6. The normalized spacial score (nSPS) is 32.2. The molecule has 2 rings (SSSR count). The van der Waals surface area contributed by atoms with Crippen molar-refractivity contribution in [3.63, 3.8) is 0 Å². The van der Waals surface area contributed by atoms with Crippen LogP contribution in [0, 0.1) is 5.92 Å². The molecule has 1 fully saturated rings. The van der Waals surface area contributed by atoms with Crippen molar-refractivity contribution in [3.8, 4) is 0 Å². The third kappa shape index (κ3) is 3.48. The maximum atomic E-state index is 14.2. The van der Waals surface area contributed by atoms with Crippen LogP contribution >= 0.6 is 8.25 Å². The van der Waals surface area contributed by atoms with E-state index < -0.39 is 32.5 Å². The Hall–Kier alpha value is -1.08. The van der Waals surface area contributed by atoms with Gasteiger partial charge in [-0.25, -0.2) is 14.4 Å². The lowest BCUT2D eigenvalue weighted by atomic mass is 10.1. The quantitative estimate of drug-likeness (QED) is 0.673. The number of rotatable bonds is 5. The number of aliphatic hydroxyl groups is 1. The van der Waals surface area contributed by atoms with E-state index in [9.17, 15) is 14.1 Å². The molecular weight excluding hydrogens is 276 g/mol. The van der Waals surface area contributed by atoms with E-state index in [-0.39, 0.29) is 6.61 Å². The van der Waals surface area contributed by atoms with Crippen molar-refractivity contribution in [2.45, 2.75) is 24.7 Å². The second-order valence-corrected chi connectivity index (χ2v) is 5.08. The first-order valence-electron chi connectivity index (χ1n) is 5.79. The molecule has 0 aliphatic heterocycles. The molecule has 1 aliphatic carbocycles. The van der Waals surface area contributed by atoms with E-state index in [2.05, 4.69) is 19.8 Å². The Morgan fingerprint density at radius 2 is 2.42 bits per heavy atom. The summed E-state index contributed by atoms with van der Waals surface area (Å²) in [6, 6.07) is 0.961. The molecule has 1 saturated carbocycles. The van der Waals surface area contributed by atoms with Crippen LogP contribution < -0.4 is 5.32 Å². The highest BCUT2D eigenvalue weighted by Gasteiger charge is 2.45. The summed E-state index contributed by atoms with van der Waals surface area (Å²) in [5.41, 5.74) is 0. The van der Waals surface area contributed by atoms with Crippen molar-refractivity contribution >= 4 is 14.1 Å². The van der Waals surface area contributed by atoms with Gasteiger partial charge in [0.15, 0.2) is 0 Å². The molecule has 0 aromatic carbocycles. The second kappa shape index (κ2) is 6.38. The van der Waals surface area contributed by atoms with Crippen LogP contribution in [0.25, 0.3) is 0 Å². The molecule has 1 aliphatic rings. The summed E-state index contributed by atoms with van der Waals surface area (Å²) in [7, 11) is -3.24. The fourth-order valence-electron chi connectivity index (χ4n) is 2.24. The van der Waals surface area contributed by atoms with Crippen molar-refractivity contribution in [2.24, 2.45) is 5.92 Å². The van der Waals surface area contributed by atoms with Gasteiger partial charge in [0.05, 0.1) is 6.04 Å². The Labute approximate surface area is 109 Å². The minimum absolute atomic E-state index is 0.293. The Kier molecular flexibility index (Phi) is 4.81. The lowest BCUT2D eigenvalue weighted by Crippen LogP contribution is -2.33. The second-order valence-electron chi connectivity index (χ2n) is 4.32. The molecule has 9 heteroatoms. The Morgan fingerprint density at radius 3 is 3.00 bits per heavy atom. The molecule has 0 amide bonds. The molecule has 0 saturated heterocycles. The smallest absolute Gasteiger partial charge is 0.316 e. The minimum Gasteiger partial charge on any atom is -0.396 e. The summed E-state index contributed by atoms with van der Waals surface area (Å²) >= 11 is 0. The van der Waals surface area contributed by atoms with Crippen LogP contribution in [0.4, 0.5) is 10.2 Å². The Morgan fingerprint density at radius 1 is 1.63 bits per heavy atom. The molecule has 1 aromatic heterocycles. The van der Waals surface area contributed by atoms with Crippen molar-refractivity contribution < 1.29 is 23.5 Å². The largest absolute Gasteiger partial charge is 0.396 e. The SMILES string of the molecule is O=[PH](O)OC1[C@@H](CO)C[C@@H](Nc2ccncn2)[C@@H]1F. The maximum Gasteiger partial charge on any atom is 0.316 e. The van der Waals surface area contributed by atoms with Gasteiger partial charge in [-0.05, 0) is 12.5 Å². The molecule has 0 spiro atoms. The van der Waals surface area contributed by atoms with Gasteiger partial charge in [-0.3, -0.25) is 4.57 Å². The van der Waals surface area contributed by atoms with Crippen molar-refractivity contribution in [1.29, 1.82) is 0 Å². The zero-order valence-electron chi connectivity index (χ0n) is 9.94. The first-order valence-corrected chi connectivity index (χ1v) is 7.05. The van der Waals surface area contributed by atoms with Gasteiger partial charge in [-0.1, -0.05) is 0 Å². The molecule has 106 valence electrons. The highest BCUT2D eigenvalue weighted by molar-refractivity contribution is 7.32. The van der Waals surface area contributed by atoms with E-state index in [4.69, 9.17) is 4.89 Å². The van der Waals surface area contributed by atoms with Crippen LogP contribution in [0.5, 0.6) is 0 Å². The zero-order chi connectivity index (χ0) is 13.8. The zero-order valence-corrected chi connectivity index (χ0v) is 10.9. The van der Waals surface area contributed by atoms with E-state index in [0.29, 0.717) is 12.2 Å². The molecule has 0 bridgehead atoms. The third-order valence-corrected chi connectivity index (χ3v) is 3.58. The molecule has 7 nitrogen and oxygen atoms in total. The molecule has 1 aromatic rings. The fourth-order valence-corrected chi connectivity index (χ4v) is 2.80. The molecule has 3 N–H and O–H groups in total. The predicted molar refractivity (Wildman–Crippen MR) is 65.6 cm³/mol. The van der Waals surface area contributed by atoms with Gasteiger partial charge in [-0.2, -0.15) is 0 Å². The minimum atomic E-state index is -3.24. The first kappa shape index (κ1) is 14.3. The van der Waals surface area contributed by atoms with E-state index in [1.807, 2.05) is 0 Å². The van der Waals surface area contributed by atoms with Crippen LogP contribution in [0.3, 0.4) is 0 Å². The number of nitrogens with one attached hydrogen (secondary N) is 1. The standard InChI is InChI=1S/C10H15FN3O4P/c11-9-7(14-8-1-2-12-5-13-8)3-6(4-15)10(9)18-19(16)17/h1-2,5-7,9-10,15,19H,3-4H2,(H,16,17)(H,12,13,14)/t6-,7-,9+,10?/m1/s1. The van der Waals surface area contributed by atoms with Crippen LogP contribution in [0.2, 0.25) is 0 Å². The van der Waals surface area contributed by atoms with Gasteiger partial charge in [0, 0.05) is 18.7 Å². The van der Waals surface area contributed by atoms with Gasteiger partial charge in [-0.15, -0.1) is 0 Å². The third-order valence-electron chi connectivity index (χ3n) is 3.11. The van der Waals surface area contributed by atoms with E-state index >= 15 is 0 Å². The predicted octanol–water partition coefficient (Wildman–Crippen LogP) is 0.375. The first-order chi connectivity index (χ1) is 9.11. The summed E-state index contributed by atoms with van der Waals surface area (Å²) < 4.78 is 29.5. The van der Waals surface area contributed by atoms with Gasteiger partial charge >= 0.3 is 8.25 Å². The van der Waals surface area contributed by atoms with Crippen LogP contribution in [-0.2, 0) is 9.09 Å². The number of nitrogens with zero attached hydrogens (tertiary/aromatic N) is 2.